The Balaban J connectivity index is 4.59. The van der Waals surface area contributed by atoms with Crippen LogP contribution in [0.4, 0.5) is 0 Å². The normalized spacial score (nSPS) is 15.1. The van der Waals surface area contributed by atoms with Crippen molar-refractivity contribution < 1.29 is 19.4 Å². The van der Waals surface area contributed by atoms with Gasteiger partial charge in [0.05, 0.1) is 13.2 Å². The summed E-state index contributed by atoms with van der Waals surface area (Å²) in [4.78, 5) is 13.1. The Kier molecular flexibility index (Phi) is 8.15. The number of carboxylic acid groups (broad SMARTS) is 1. The highest BCUT2D eigenvalue weighted by molar-refractivity contribution is 5.73. The maximum atomic E-state index is 11.2. The largest absolute Gasteiger partial charge is 0.480 e. The van der Waals surface area contributed by atoms with Gasteiger partial charge >= 0.3 is 5.97 Å². The van der Waals surface area contributed by atoms with Crippen LogP contribution in [-0.2, 0) is 14.3 Å². The van der Waals surface area contributed by atoms with Crippen molar-refractivity contribution in [3.05, 3.63) is 0 Å². The van der Waals surface area contributed by atoms with Crippen molar-refractivity contribution in [2.45, 2.75) is 32.4 Å². The molecule has 0 aromatic carbocycles. The molecule has 5 nitrogen and oxygen atoms in total. The van der Waals surface area contributed by atoms with Crippen molar-refractivity contribution in [2.75, 3.05) is 34.0 Å². The Labute approximate surface area is 97.3 Å². The van der Waals surface area contributed by atoms with E-state index in [2.05, 4.69) is 0 Å². The van der Waals surface area contributed by atoms with Crippen LogP contribution >= 0.6 is 0 Å². The fraction of sp³-hybridized carbons (Fsp3) is 0.909. The molecular formula is C11H23NO4. The number of hydrogen-bond acceptors (Lipinski definition) is 4. The first kappa shape index (κ1) is 15.3. The van der Waals surface area contributed by atoms with E-state index in [0.717, 1.165) is 6.42 Å². The van der Waals surface area contributed by atoms with Crippen molar-refractivity contribution >= 4 is 5.97 Å². The number of carbonyl (C=O) groups is 1. The van der Waals surface area contributed by atoms with Crippen molar-refractivity contribution in [3.63, 3.8) is 0 Å². The zero-order valence-electron chi connectivity index (χ0n) is 10.6. The van der Waals surface area contributed by atoms with E-state index in [1.807, 2.05) is 18.7 Å². The average molecular weight is 233 g/mol. The van der Waals surface area contributed by atoms with Crippen molar-refractivity contribution in [3.8, 4) is 0 Å². The highest BCUT2D eigenvalue weighted by Crippen LogP contribution is 2.09. The van der Waals surface area contributed by atoms with Gasteiger partial charge in [0, 0.05) is 26.8 Å². The molecule has 0 saturated heterocycles. The van der Waals surface area contributed by atoms with Gasteiger partial charge < -0.3 is 14.6 Å². The van der Waals surface area contributed by atoms with Gasteiger partial charge in [0.25, 0.3) is 0 Å². The third-order valence-corrected chi connectivity index (χ3v) is 2.72. The molecule has 2 atom stereocenters. The molecule has 0 saturated carbocycles. The van der Waals surface area contributed by atoms with Crippen LogP contribution < -0.4 is 0 Å². The highest BCUT2D eigenvalue weighted by Gasteiger charge is 2.28. The van der Waals surface area contributed by atoms with Crippen LogP contribution in [0.5, 0.6) is 0 Å². The number of aliphatic carboxylic acids is 1. The number of ether oxygens (including phenoxy) is 2. The molecule has 0 spiro atoms. The molecule has 0 rings (SSSR count). The lowest BCUT2D eigenvalue weighted by atomic mass is 10.1. The highest BCUT2D eigenvalue weighted by atomic mass is 16.5. The van der Waals surface area contributed by atoms with Gasteiger partial charge in [-0.15, -0.1) is 0 Å². The Morgan fingerprint density at radius 2 is 2.00 bits per heavy atom. The lowest BCUT2D eigenvalue weighted by Gasteiger charge is -2.33. The molecule has 2 unspecified atom stereocenters. The second-order valence-electron chi connectivity index (χ2n) is 3.80. The fourth-order valence-corrected chi connectivity index (χ4v) is 1.58. The van der Waals surface area contributed by atoms with E-state index in [-0.39, 0.29) is 12.6 Å². The molecule has 0 aromatic rings. The number of hydrogen-bond donors (Lipinski definition) is 1. The monoisotopic (exact) mass is 233 g/mol. The molecule has 5 heteroatoms. The van der Waals surface area contributed by atoms with E-state index < -0.39 is 12.0 Å². The molecule has 0 aromatic heterocycles. The van der Waals surface area contributed by atoms with Gasteiger partial charge in [-0.25, -0.2) is 0 Å². The van der Waals surface area contributed by atoms with Crippen LogP contribution in [0.15, 0.2) is 0 Å². The summed E-state index contributed by atoms with van der Waals surface area (Å²) in [6.45, 7) is 5.38. The molecule has 0 aliphatic carbocycles. The molecule has 0 heterocycles. The SMILES string of the molecule is CCC(C)N(CCOC)C(COC)C(=O)O. The van der Waals surface area contributed by atoms with Crippen LogP contribution in [0.2, 0.25) is 0 Å². The van der Waals surface area contributed by atoms with E-state index in [4.69, 9.17) is 14.6 Å². The standard InChI is InChI=1S/C11H23NO4/c1-5-9(2)12(6-7-15-3)10(8-16-4)11(13)14/h9-10H,5-8H2,1-4H3,(H,13,14). The predicted molar refractivity (Wildman–Crippen MR) is 61.6 cm³/mol. The summed E-state index contributed by atoms with van der Waals surface area (Å²) in [5, 5.41) is 9.16. The first-order valence-corrected chi connectivity index (χ1v) is 5.54. The van der Waals surface area contributed by atoms with E-state index in [1.54, 1.807) is 7.11 Å². The van der Waals surface area contributed by atoms with Gasteiger partial charge in [-0.3, -0.25) is 9.69 Å². The van der Waals surface area contributed by atoms with Gasteiger partial charge in [-0.05, 0) is 13.3 Å². The Morgan fingerprint density at radius 1 is 1.38 bits per heavy atom. The van der Waals surface area contributed by atoms with E-state index in [9.17, 15) is 4.79 Å². The van der Waals surface area contributed by atoms with Gasteiger partial charge in [0.2, 0.25) is 0 Å². The molecular weight excluding hydrogens is 210 g/mol. The van der Waals surface area contributed by atoms with Gasteiger partial charge in [-0.1, -0.05) is 6.92 Å². The minimum absolute atomic E-state index is 0.198. The summed E-state index contributed by atoms with van der Waals surface area (Å²) in [6, 6.07) is -0.401. The second-order valence-corrected chi connectivity index (χ2v) is 3.80. The first-order valence-electron chi connectivity index (χ1n) is 5.54. The van der Waals surface area contributed by atoms with Crippen molar-refractivity contribution in [2.24, 2.45) is 0 Å². The summed E-state index contributed by atoms with van der Waals surface area (Å²) in [5.74, 6) is -0.849. The summed E-state index contributed by atoms with van der Waals surface area (Å²) in [7, 11) is 3.13. The van der Waals surface area contributed by atoms with Gasteiger partial charge in [-0.2, -0.15) is 0 Å². The van der Waals surface area contributed by atoms with E-state index in [1.165, 1.54) is 7.11 Å². The molecule has 0 aliphatic heterocycles. The summed E-state index contributed by atoms with van der Waals surface area (Å²) >= 11 is 0. The zero-order valence-corrected chi connectivity index (χ0v) is 10.6. The minimum atomic E-state index is -0.849. The zero-order chi connectivity index (χ0) is 12.6. The third-order valence-electron chi connectivity index (χ3n) is 2.72. The lowest BCUT2D eigenvalue weighted by molar-refractivity contribution is -0.146. The minimum Gasteiger partial charge on any atom is -0.480 e. The Hall–Kier alpha value is -0.650. The molecule has 1 N–H and O–H groups in total. The Bertz CT molecular complexity index is 198. The van der Waals surface area contributed by atoms with Crippen LogP contribution in [0.25, 0.3) is 0 Å². The van der Waals surface area contributed by atoms with Gasteiger partial charge in [0.1, 0.15) is 6.04 Å². The fourth-order valence-electron chi connectivity index (χ4n) is 1.58. The van der Waals surface area contributed by atoms with Crippen LogP contribution in [-0.4, -0.2) is 62.0 Å². The molecule has 0 bridgehead atoms. The second kappa shape index (κ2) is 8.50. The molecule has 16 heavy (non-hydrogen) atoms. The van der Waals surface area contributed by atoms with Crippen LogP contribution in [0, 0.1) is 0 Å². The lowest BCUT2D eigenvalue weighted by Crippen LogP contribution is -2.49. The molecule has 96 valence electrons. The third kappa shape index (κ3) is 4.92. The van der Waals surface area contributed by atoms with Crippen LogP contribution in [0.1, 0.15) is 20.3 Å². The van der Waals surface area contributed by atoms with E-state index >= 15 is 0 Å². The quantitative estimate of drug-likeness (QED) is 0.639. The van der Waals surface area contributed by atoms with Gasteiger partial charge in [0.15, 0.2) is 0 Å². The first-order chi connectivity index (χ1) is 7.58. The smallest absolute Gasteiger partial charge is 0.323 e. The van der Waals surface area contributed by atoms with Crippen molar-refractivity contribution in [1.29, 1.82) is 0 Å². The summed E-state index contributed by atoms with van der Waals surface area (Å²) in [5.41, 5.74) is 0. The number of methoxy groups -OCH3 is 2. The predicted octanol–water partition coefficient (Wildman–Crippen LogP) is 0.833. The topological polar surface area (TPSA) is 59.0 Å². The molecule has 0 aliphatic rings. The number of carboxylic acids is 1. The molecule has 0 fully saturated rings. The Morgan fingerprint density at radius 3 is 2.38 bits per heavy atom. The number of rotatable bonds is 9. The molecule has 0 amide bonds. The summed E-state index contributed by atoms with van der Waals surface area (Å²) < 4.78 is 9.96. The maximum Gasteiger partial charge on any atom is 0.323 e. The average Bonchev–Trinajstić information content (AvgIpc) is 2.27. The summed E-state index contributed by atoms with van der Waals surface area (Å²) in [6.07, 6.45) is 0.900. The number of nitrogens with zero attached hydrogens (tertiary/aromatic N) is 1. The van der Waals surface area contributed by atoms with Crippen molar-refractivity contribution in [1.82, 2.24) is 4.90 Å². The maximum absolute atomic E-state index is 11.2. The van der Waals surface area contributed by atoms with Crippen LogP contribution in [0.3, 0.4) is 0 Å². The van der Waals surface area contributed by atoms with E-state index in [0.29, 0.717) is 13.2 Å². The molecule has 0 radical (unpaired) electrons.